The van der Waals surface area contributed by atoms with E-state index in [0.717, 1.165) is 12.1 Å². The summed E-state index contributed by atoms with van der Waals surface area (Å²) in [6, 6.07) is 1.82. The van der Waals surface area contributed by atoms with Crippen molar-refractivity contribution in [1.82, 2.24) is 0 Å². The summed E-state index contributed by atoms with van der Waals surface area (Å²) in [6.45, 7) is 1.99. The molecule has 0 saturated heterocycles. The average Bonchev–Trinajstić information content (AvgIpc) is 2.14. The second kappa shape index (κ2) is 4.93. The summed E-state index contributed by atoms with van der Waals surface area (Å²) in [6.07, 6.45) is -0.354. The second-order valence-corrected chi connectivity index (χ2v) is 3.19. The van der Waals surface area contributed by atoms with Crippen molar-refractivity contribution in [3.05, 3.63) is 23.8 Å². The highest BCUT2D eigenvalue weighted by Gasteiger charge is 2.11. The number of nitrogens with two attached hydrogens (primary N) is 1. The minimum absolute atomic E-state index is 0.161. The van der Waals surface area contributed by atoms with Gasteiger partial charge in [-0.05, 0) is 6.92 Å². The normalized spacial score (nSPS) is 12.5. The van der Waals surface area contributed by atoms with Crippen LogP contribution in [0, 0.1) is 11.6 Å². The van der Waals surface area contributed by atoms with Gasteiger partial charge in [0, 0.05) is 19.2 Å². The molecular weight excluding hydrogens is 204 g/mol. The quantitative estimate of drug-likeness (QED) is 0.784. The highest BCUT2D eigenvalue weighted by Crippen LogP contribution is 2.23. The highest BCUT2D eigenvalue weighted by molar-refractivity contribution is 5.44. The average molecular weight is 217 g/mol. The van der Waals surface area contributed by atoms with Crippen LogP contribution in [0.5, 0.6) is 5.75 Å². The number of hydrogen-bond acceptors (Lipinski definition) is 3. The van der Waals surface area contributed by atoms with Crippen LogP contribution in [0.2, 0.25) is 0 Å². The number of nitrogen functional groups attached to an aromatic ring is 1. The third-order valence-corrected chi connectivity index (χ3v) is 1.78. The Morgan fingerprint density at radius 2 is 2.00 bits per heavy atom. The molecule has 84 valence electrons. The minimum atomic E-state index is -0.698. The monoisotopic (exact) mass is 217 g/mol. The van der Waals surface area contributed by atoms with E-state index in [1.165, 1.54) is 7.11 Å². The summed E-state index contributed by atoms with van der Waals surface area (Å²) in [5.74, 6) is -1.54. The molecule has 1 atom stereocenters. The molecule has 0 spiro atoms. The van der Waals surface area contributed by atoms with Gasteiger partial charge < -0.3 is 15.2 Å². The molecule has 0 aromatic heterocycles. The number of anilines is 1. The zero-order valence-corrected chi connectivity index (χ0v) is 8.59. The van der Waals surface area contributed by atoms with Crippen LogP contribution >= 0.6 is 0 Å². The van der Waals surface area contributed by atoms with E-state index in [1.807, 2.05) is 0 Å². The van der Waals surface area contributed by atoms with E-state index in [-0.39, 0.29) is 17.5 Å². The van der Waals surface area contributed by atoms with Crippen molar-refractivity contribution in [2.24, 2.45) is 0 Å². The number of ether oxygens (including phenoxy) is 2. The lowest BCUT2D eigenvalue weighted by Gasteiger charge is -2.14. The molecule has 0 amide bonds. The molecule has 1 aromatic carbocycles. The first kappa shape index (κ1) is 11.7. The van der Waals surface area contributed by atoms with E-state index < -0.39 is 11.6 Å². The number of halogens is 2. The van der Waals surface area contributed by atoms with Gasteiger partial charge >= 0.3 is 0 Å². The van der Waals surface area contributed by atoms with Gasteiger partial charge in [0.15, 0.2) is 11.6 Å². The van der Waals surface area contributed by atoms with Crippen molar-refractivity contribution in [1.29, 1.82) is 0 Å². The molecule has 1 rings (SSSR count). The molecule has 2 N–H and O–H groups in total. The molecule has 0 aliphatic carbocycles. The van der Waals surface area contributed by atoms with Crippen LogP contribution in [0.25, 0.3) is 0 Å². The van der Waals surface area contributed by atoms with Crippen LogP contribution in [0.3, 0.4) is 0 Å². The molecule has 0 bridgehead atoms. The third kappa shape index (κ3) is 3.06. The Hall–Kier alpha value is -1.36. The zero-order chi connectivity index (χ0) is 11.4. The fourth-order valence-electron chi connectivity index (χ4n) is 1.12. The molecule has 0 saturated carbocycles. The van der Waals surface area contributed by atoms with E-state index in [0.29, 0.717) is 6.61 Å². The minimum Gasteiger partial charge on any atom is -0.485 e. The van der Waals surface area contributed by atoms with Crippen molar-refractivity contribution in [3.63, 3.8) is 0 Å². The van der Waals surface area contributed by atoms with Crippen molar-refractivity contribution in [2.45, 2.75) is 13.0 Å². The van der Waals surface area contributed by atoms with Gasteiger partial charge in [-0.1, -0.05) is 0 Å². The van der Waals surface area contributed by atoms with Gasteiger partial charge in [-0.15, -0.1) is 0 Å². The maximum absolute atomic E-state index is 13.2. The highest BCUT2D eigenvalue weighted by atomic mass is 19.1. The second-order valence-electron chi connectivity index (χ2n) is 3.19. The molecule has 3 nitrogen and oxygen atoms in total. The van der Waals surface area contributed by atoms with Gasteiger partial charge in [-0.2, -0.15) is 0 Å². The van der Waals surface area contributed by atoms with Crippen LogP contribution in [0.1, 0.15) is 6.92 Å². The van der Waals surface area contributed by atoms with E-state index >= 15 is 0 Å². The lowest BCUT2D eigenvalue weighted by molar-refractivity contribution is 0.0890. The van der Waals surface area contributed by atoms with E-state index in [1.54, 1.807) is 6.92 Å². The van der Waals surface area contributed by atoms with Crippen molar-refractivity contribution in [3.8, 4) is 5.75 Å². The smallest absolute Gasteiger partial charge is 0.167 e. The predicted octanol–water partition coefficient (Wildman–Crippen LogP) is 1.96. The largest absolute Gasteiger partial charge is 0.485 e. The molecule has 1 unspecified atom stereocenters. The molecule has 1 aromatic rings. The summed E-state index contributed by atoms with van der Waals surface area (Å²) < 4.78 is 36.1. The van der Waals surface area contributed by atoms with Crippen LogP contribution in [0.4, 0.5) is 14.5 Å². The number of methoxy groups -OCH3 is 1. The molecular formula is C10H13F2NO2. The molecule has 0 aliphatic heterocycles. The van der Waals surface area contributed by atoms with Crippen molar-refractivity contribution in [2.75, 3.05) is 19.5 Å². The van der Waals surface area contributed by atoms with Gasteiger partial charge in [-0.25, -0.2) is 8.78 Å². The number of rotatable bonds is 4. The SMILES string of the molecule is COCC(C)Oc1cc(F)c(N)cc1F. The maximum atomic E-state index is 13.2. The topological polar surface area (TPSA) is 44.5 Å². The number of benzene rings is 1. The summed E-state index contributed by atoms with van der Waals surface area (Å²) in [7, 11) is 1.50. The molecule has 0 heterocycles. The van der Waals surface area contributed by atoms with Crippen LogP contribution in [0.15, 0.2) is 12.1 Å². The fraction of sp³-hybridized carbons (Fsp3) is 0.400. The first-order valence-corrected chi connectivity index (χ1v) is 4.44. The Morgan fingerprint density at radius 1 is 1.33 bits per heavy atom. The van der Waals surface area contributed by atoms with Gasteiger partial charge in [0.2, 0.25) is 0 Å². The summed E-state index contributed by atoms with van der Waals surface area (Å²) >= 11 is 0. The van der Waals surface area contributed by atoms with Gasteiger partial charge in [0.1, 0.15) is 11.9 Å². The van der Waals surface area contributed by atoms with Gasteiger partial charge in [0.25, 0.3) is 0 Å². The van der Waals surface area contributed by atoms with Crippen molar-refractivity contribution < 1.29 is 18.3 Å². The predicted molar refractivity (Wildman–Crippen MR) is 52.7 cm³/mol. The zero-order valence-electron chi connectivity index (χ0n) is 8.59. The van der Waals surface area contributed by atoms with Crippen molar-refractivity contribution >= 4 is 5.69 Å². The Bertz CT molecular complexity index is 344. The van der Waals surface area contributed by atoms with Crippen LogP contribution in [-0.4, -0.2) is 19.8 Å². The Kier molecular flexibility index (Phi) is 3.85. The Labute approximate surface area is 86.8 Å². The summed E-state index contributed by atoms with van der Waals surface area (Å²) in [5, 5.41) is 0. The van der Waals surface area contributed by atoms with Gasteiger partial charge in [-0.3, -0.25) is 0 Å². The van der Waals surface area contributed by atoms with E-state index in [2.05, 4.69) is 0 Å². The van der Waals surface area contributed by atoms with Crippen LogP contribution in [-0.2, 0) is 4.74 Å². The molecule has 15 heavy (non-hydrogen) atoms. The Balaban J connectivity index is 2.81. The lowest BCUT2D eigenvalue weighted by Crippen LogP contribution is -2.18. The summed E-state index contributed by atoms with van der Waals surface area (Å²) in [5.41, 5.74) is 4.95. The first-order valence-electron chi connectivity index (χ1n) is 4.44. The third-order valence-electron chi connectivity index (χ3n) is 1.78. The first-order chi connectivity index (χ1) is 7.04. The molecule has 0 radical (unpaired) electrons. The van der Waals surface area contributed by atoms with E-state index in [9.17, 15) is 8.78 Å². The maximum Gasteiger partial charge on any atom is 0.167 e. The fourth-order valence-corrected chi connectivity index (χ4v) is 1.12. The standard InChI is InChI=1S/C10H13F2NO2/c1-6(5-14-2)15-10-4-7(11)9(13)3-8(10)12/h3-4,6H,5,13H2,1-2H3. The van der Waals surface area contributed by atoms with Crippen LogP contribution < -0.4 is 10.5 Å². The van der Waals surface area contributed by atoms with Gasteiger partial charge in [0.05, 0.1) is 12.3 Å². The molecule has 0 aliphatic rings. The lowest BCUT2D eigenvalue weighted by atomic mass is 10.2. The Morgan fingerprint density at radius 3 is 2.60 bits per heavy atom. The molecule has 5 heteroatoms. The molecule has 0 fully saturated rings. The van der Waals surface area contributed by atoms with E-state index in [4.69, 9.17) is 15.2 Å². The summed E-state index contributed by atoms with van der Waals surface area (Å²) in [4.78, 5) is 0. The number of hydrogen-bond donors (Lipinski definition) is 1.